The zero-order chi connectivity index (χ0) is 15.5. The molecule has 1 N–H and O–H groups in total. The molecule has 1 saturated heterocycles. The Balaban J connectivity index is 1.68. The first-order valence-electron chi connectivity index (χ1n) is 7.79. The second-order valence-corrected chi connectivity index (χ2v) is 7.66. The van der Waals surface area contributed by atoms with E-state index >= 15 is 0 Å². The lowest BCUT2D eigenvalue weighted by molar-refractivity contribution is 0.255. The fourth-order valence-electron chi connectivity index (χ4n) is 2.63. The smallest absolute Gasteiger partial charge is 0.209 e. The highest BCUT2D eigenvalue weighted by atomic mass is 32.1. The van der Waals surface area contributed by atoms with Gasteiger partial charge in [-0.15, -0.1) is 5.10 Å². The summed E-state index contributed by atoms with van der Waals surface area (Å²) in [7, 11) is 0. The van der Waals surface area contributed by atoms with E-state index in [0.717, 1.165) is 34.5 Å². The van der Waals surface area contributed by atoms with E-state index in [1.807, 2.05) is 4.68 Å². The normalized spacial score (nSPS) is 15.6. The molecule has 0 amide bonds. The number of aromatic nitrogens is 2. The Bertz CT molecular complexity index is 666. The van der Waals surface area contributed by atoms with Gasteiger partial charge >= 0.3 is 0 Å². The van der Waals surface area contributed by atoms with Gasteiger partial charge in [-0.05, 0) is 61.8 Å². The molecule has 0 aliphatic carbocycles. The van der Waals surface area contributed by atoms with Crippen molar-refractivity contribution in [1.82, 2.24) is 14.7 Å². The highest BCUT2D eigenvalue weighted by Gasteiger charge is 2.13. The van der Waals surface area contributed by atoms with Crippen LogP contribution in [0.15, 0.2) is 24.3 Å². The average molecular weight is 335 g/mol. The van der Waals surface area contributed by atoms with E-state index in [0.29, 0.717) is 5.92 Å². The van der Waals surface area contributed by atoms with Crippen LogP contribution in [0.3, 0.4) is 0 Å². The van der Waals surface area contributed by atoms with E-state index in [4.69, 9.17) is 12.2 Å². The highest BCUT2D eigenvalue weighted by Crippen LogP contribution is 2.23. The topological polar surface area (TPSA) is 33.1 Å². The molecule has 0 saturated carbocycles. The van der Waals surface area contributed by atoms with Gasteiger partial charge in [0.2, 0.25) is 5.13 Å². The monoisotopic (exact) mass is 334 g/mol. The van der Waals surface area contributed by atoms with Gasteiger partial charge in [-0.3, -0.25) is 4.90 Å². The third-order valence-corrected chi connectivity index (χ3v) is 5.19. The van der Waals surface area contributed by atoms with E-state index < -0.39 is 0 Å². The molecule has 1 fully saturated rings. The summed E-state index contributed by atoms with van der Waals surface area (Å²) in [4.78, 5) is 2.40. The Morgan fingerprint density at radius 3 is 2.55 bits per heavy atom. The van der Waals surface area contributed by atoms with Gasteiger partial charge in [0.05, 0.1) is 6.67 Å². The maximum atomic E-state index is 5.43. The SMILES string of the molecule is CC(C)c1ccc(Nc2nn(CN3CCCC3)c(=S)s2)cc1. The van der Waals surface area contributed by atoms with Gasteiger partial charge < -0.3 is 5.32 Å². The average Bonchev–Trinajstić information content (AvgIpc) is 3.11. The molecule has 0 spiro atoms. The fraction of sp³-hybridized carbons (Fsp3) is 0.500. The van der Waals surface area contributed by atoms with Gasteiger partial charge in [0.25, 0.3) is 0 Å². The molecule has 4 nitrogen and oxygen atoms in total. The van der Waals surface area contributed by atoms with Crippen LogP contribution < -0.4 is 5.32 Å². The van der Waals surface area contributed by atoms with Crippen molar-refractivity contribution in [2.75, 3.05) is 18.4 Å². The molecule has 22 heavy (non-hydrogen) atoms. The number of benzene rings is 1. The van der Waals surface area contributed by atoms with E-state index in [2.05, 4.69) is 53.4 Å². The van der Waals surface area contributed by atoms with Gasteiger partial charge in [-0.1, -0.05) is 37.3 Å². The second kappa shape index (κ2) is 6.89. The molecular formula is C16H22N4S2. The van der Waals surface area contributed by atoms with Gasteiger partial charge in [0.15, 0.2) is 3.95 Å². The van der Waals surface area contributed by atoms with Crippen LogP contribution in [0.25, 0.3) is 0 Å². The zero-order valence-electron chi connectivity index (χ0n) is 13.1. The van der Waals surface area contributed by atoms with Crippen LogP contribution in [0.2, 0.25) is 0 Å². The van der Waals surface area contributed by atoms with Crippen LogP contribution in [-0.4, -0.2) is 27.8 Å². The molecule has 2 aromatic rings. The van der Waals surface area contributed by atoms with Crippen LogP contribution in [-0.2, 0) is 6.67 Å². The van der Waals surface area contributed by atoms with Crippen molar-refractivity contribution in [3.8, 4) is 0 Å². The first-order chi connectivity index (χ1) is 10.6. The van der Waals surface area contributed by atoms with Crippen LogP contribution in [0.4, 0.5) is 10.8 Å². The highest BCUT2D eigenvalue weighted by molar-refractivity contribution is 7.73. The molecule has 0 unspecified atom stereocenters. The Morgan fingerprint density at radius 1 is 1.23 bits per heavy atom. The molecule has 0 atom stereocenters. The summed E-state index contributed by atoms with van der Waals surface area (Å²) < 4.78 is 2.75. The van der Waals surface area contributed by atoms with Crippen molar-refractivity contribution >= 4 is 34.4 Å². The largest absolute Gasteiger partial charge is 0.330 e. The predicted octanol–water partition coefficient (Wildman–Crippen LogP) is 4.59. The third kappa shape index (κ3) is 3.74. The number of rotatable bonds is 5. The number of hydrogen-bond acceptors (Lipinski definition) is 5. The number of hydrogen-bond donors (Lipinski definition) is 1. The molecule has 0 radical (unpaired) electrons. The Kier molecular flexibility index (Phi) is 4.90. The molecule has 0 bridgehead atoms. The number of nitrogens with zero attached hydrogens (tertiary/aromatic N) is 3. The van der Waals surface area contributed by atoms with Crippen LogP contribution >= 0.6 is 23.6 Å². The summed E-state index contributed by atoms with van der Waals surface area (Å²) in [6.45, 7) is 7.52. The lowest BCUT2D eigenvalue weighted by Crippen LogP contribution is -2.23. The Labute approximate surface area is 140 Å². The standard InChI is InChI=1S/C16H22N4S2/c1-12(2)13-5-7-14(8-6-13)17-15-18-20(16(21)22-15)11-19-9-3-4-10-19/h5-8,12H,3-4,9-11H2,1-2H3,(H,17,18). The molecule has 2 heterocycles. The predicted molar refractivity (Wildman–Crippen MR) is 95.6 cm³/mol. The number of anilines is 2. The molecule has 1 aromatic heterocycles. The number of likely N-dealkylation sites (tertiary alicyclic amines) is 1. The molecule has 6 heteroatoms. The maximum Gasteiger partial charge on any atom is 0.209 e. The summed E-state index contributed by atoms with van der Waals surface area (Å²) in [6.07, 6.45) is 2.57. The molecule has 1 aliphatic rings. The molecule has 1 aromatic carbocycles. The molecular weight excluding hydrogens is 312 g/mol. The summed E-state index contributed by atoms with van der Waals surface area (Å²) in [5, 5.41) is 8.82. The number of nitrogens with one attached hydrogen (secondary N) is 1. The first-order valence-corrected chi connectivity index (χ1v) is 9.01. The van der Waals surface area contributed by atoms with Crippen molar-refractivity contribution in [2.45, 2.75) is 39.3 Å². The van der Waals surface area contributed by atoms with E-state index in [9.17, 15) is 0 Å². The molecule has 3 rings (SSSR count). The lowest BCUT2D eigenvalue weighted by atomic mass is 10.0. The van der Waals surface area contributed by atoms with Crippen LogP contribution in [0, 0.1) is 3.95 Å². The summed E-state index contributed by atoms with van der Waals surface area (Å²) in [5.41, 5.74) is 2.40. The Hall–Kier alpha value is -1.24. The van der Waals surface area contributed by atoms with Crippen molar-refractivity contribution < 1.29 is 0 Å². The summed E-state index contributed by atoms with van der Waals surface area (Å²) in [5.74, 6) is 0.552. The van der Waals surface area contributed by atoms with Crippen LogP contribution in [0.1, 0.15) is 38.2 Å². The molecule has 1 aliphatic heterocycles. The van der Waals surface area contributed by atoms with Gasteiger partial charge in [-0.25, -0.2) is 4.68 Å². The van der Waals surface area contributed by atoms with Gasteiger partial charge in [0.1, 0.15) is 0 Å². The van der Waals surface area contributed by atoms with E-state index in [-0.39, 0.29) is 0 Å². The van der Waals surface area contributed by atoms with Crippen molar-refractivity contribution in [3.05, 3.63) is 33.8 Å². The molecule has 118 valence electrons. The van der Waals surface area contributed by atoms with Crippen molar-refractivity contribution in [3.63, 3.8) is 0 Å². The Morgan fingerprint density at radius 2 is 1.91 bits per heavy atom. The minimum Gasteiger partial charge on any atom is -0.330 e. The minimum absolute atomic E-state index is 0.552. The van der Waals surface area contributed by atoms with E-state index in [1.54, 1.807) is 0 Å². The van der Waals surface area contributed by atoms with Crippen molar-refractivity contribution in [2.24, 2.45) is 0 Å². The van der Waals surface area contributed by atoms with Crippen molar-refractivity contribution in [1.29, 1.82) is 0 Å². The third-order valence-electron chi connectivity index (χ3n) is 3.97. The summed E-state index contributed by atoms with van der Waals surface area (Å²) >= 11 is 6.96. The lowest BCUT2D eigenvalue weighted by Gasteiger charge is -2.13. The first kappa shape index (κ1) is 15.6. The van der Waals surface area contributed by atoms with Gasteiger partial charge in [-0.2, -0.15) is 0 Å². The quantitative estimate of drug-likeness (QED) is 0.811. The van der Waals surface area contributed by atoms with Crippen LogP contribution in [0.5, 0.6) is 0 Å². The zero-order valence-corrected chi connectivity index (χ0v) is 14.7. The fourth-order valence-corrected chi connectivity index (χ4v) is 3.65. The maximum absolute atomic E-state index is 5.43. The van der Waals surface area contributed by atoms with E-state index in [1.165, 1.54) is 29.7 Å². The minimum atomic E-state index is 0.552. The summed E-state index contributed by atoms with van der Waals surface area (Å²) in [6, 6.07) is 8.52. The van der Waals surface area contributed by atoms with Gasteiger partial charge in [0, 0.05) is 5.69 Å². The second-order valence-electron chi connectivity index (χ2n) is 6.04.